The summed E-state index contributed by atoms with van der Waals surface area (Å²) in [5.74, 6) is -5.22. The van der Waals surface area contributed by atoms with Gasteiger partial charge >= 0.3 is 0 Å². The van der Waals surface area contributed by atoms with Crippen LogP contribution in [-0.2, 0) is 25.6 Å². The number of aliphatic hydroxyl groups is 1. The lowest BCUT2D eigenvalue weighted by Crippen LogP contribution is -2.50. The van der Waals surface area contributed by atoms with Gasteiger partial charge < -0.3 is 25.2 Å². The topological polar surface area (TPSA) is 172 Å². The van der Waals surface area contributed by atoms with Gasteiger partial charge in [-0.2, -0.15) is 0 Å². The number of amides is 6. The summed E-state index contributed by atoms with van der Waals surface area (Å²) in [6.45, 7) is 6.63. The molecule has 79 heavy (non-hydrogen) atoms. The molecule has 10 aromatic carbocycles. The maximum atomic E-state index is 15.0. The molecule has 10 aromatic rings. The number of hydrogen-bond acceptors (Lipinski definition) is 9. The zero-order chi connectivity index (χ0) is 54.5. The second kappa shape index (κ2) is 19.2. The monoisotopic (exact) mass is 1050 g/mol. The normalized spacial score (nSPS) is 20.0. The summed E-state index contributed by atoms with van der Waals surface area (Å²) in [6.07, 6.45) is -1.40. The number of imide groups is 2. The van der Waals surface area contributed by atoms with Crippen LogP contribution in [0.5, 0.6) is 11.5 Å². The van der Waals surface area contributed by atoms with E-state index in [1.165, 1.54) is 4.90 Å². The SMILES string of the molecule is Cc1cccc(OCC(CNC(=O)c2ccc3ccc4cccc5ccc2c3c45)N2C(=O)C3Cc4cccc(OCC(CNC(=O)c5ccc6ccc7cccc8ccc5c6c78)N5C(=O)C(C)C(C)C5=O)c4C(O)C3C2=O)c1C. The van der Waals surface area contributed by atoms with E-state index < -0.39 is 53.7 Å². The van der Waals surface area contributed by atoms with E-state index in [9.17, 15) is 33.9 Å². The highest BCUT2D eigenvalue weighted by molar-refractivity contribution is 6.27. The van der Waals surface area contributed by atoms with Crippen molar-refractivity contribution in [2.45, 2.75) is 52.3 Å². The number of likely N-dealkylation sites (tertiary alicyclic amines) is 2. The van der Waals surface area contributed by atoms with Crippen molar-refractivity contribution in [1.82, 2.24) is 20.4 Å². The molecule has 0 saturated carbocycles. The van der Waals surface area contributed by atoms with Crippen molar-refractivity contribution in [2.24, 2.45) is 23.7 Å². The predicted molar refractivity (Wildman–Crippen MR) is 304 cm³/mol. The summed E-state index contributed by atoms with van der Waals surface area (Å²) in [5.41, 5.74) is 3.68. The molecule has 13 nitrogen and oxygen atoms in total. The van der Waals surface area contributed by atoms with E-state index >= 15 is 0 Å². The molecule has 1 aliphatic carbocycles. The van der Waals surface area contributed by atoms with E-state index in [0.717, 1.165) is 80.7 Å². The van der Waals surface area contributed by atoms with Crippen molar-refractivity contribution in [3.63, 3.8) is 0 Å². The van der Waals surface area contributed by atoms with Crippen LogP contribution in [-0.4, -0.2) is 88.7 Å². The predicted octanol–water partition coefficient (Wildman–Crippen LogP) is 9.98. The highest BCUT2D eigenvalue weighted by Gasteiger charge is 2.56. The zero-order valence-corrected chi connectivity index (χ0v) is 44.0. The Morgan fingerprint density at radius 3 is 1.49 bits per heavy atom. The largest absolute Gasteiger partial charge is 0.491 e. The second-order valence-electron chi connectivity index (χ2n) is 21.8. The molecule has 0 bridgehead atoms. The summed E-state index contributed by atoms with van der Waals surface area (Å²) in [5, 5.41) is 30.4. The van der Waals surface area contributed by atoms with Crippen molar-refractivity contribution in [3.05, 3.63) is 179 Å². The number of aliphatic hydroxyl groups excluding tert-OH is 1. The van der Waals surface area contributed by atoms with Crippen molar-refractivity contribution in [1.29, 1.82) is 0 Å². The molecule has 13 rings (SSSR count). The van der Waals surface area contributed by atoms with E-state index in [-0.39, 0.29) is 62.1 Å². The number of hydrogen-bond donors (Lipinski definition) is 3. The lowest BCUT2D eigenvalue weighted by molar-refractivity contribution is -0.145. The Morgan fingerprint density at radius 2 is 0.962 bits per heavy atom. The molecule has 7 unspecified atom stereocenters. The van der Waals surface area contributed by atoms with Crippen molar-refractivity contribution in [2.75, 3.05) is 26.3 Å². The maximum absolute atomic E-state index is 15.0. The number of benzene rings is 10. The van der Waals surface area contributed by atoms with Gasteiger partial charge in [-0.1, -0.05) is 135 Å². The molecular formula is C66H56N4O9. The summed E-state index contributed by atoms with van der Waals surface area (Å²) in [6, 6.07) is 44.7. The van der Waals surface area contributed by atoms with Gasteiger partial charge in [-0.3, -0.25) is 38.6 Å². The lowest BCUT2D eigenvalue weighted by Gasteiger charge is -2.32. The lowest BCUT2D eigenvalue weighted by atomic mass is 9.75. The Kier molecular flexibility index (Phi) is 12.1. The fraction of sp³-hybridized carbons (Fsp3) is 0.242. The minimum absolute atomic E-state index is 0.103. The first-order valence-corrected chi connectivity index (χ1v) is 27.0. The van der Waals surface area contributed by atoms with Gasteiger partial charge in [-0.05, 0) is 126 Å². The molecule has 394 valence electrons. The highest BCUT2D eigenvalue weighted by Crippen LogP contribution is 2.48. The highest BCUT2D eigenvalue weighted by atomic mass is 16.5. The van der Waals surface area contributed by atoms with Crippen LogP contribution >= 0.6 is 0 Å². The standard InChI is InChI=1S/C66H56N4O9/c1-34-9-5-15-52(35(34)2)78-32-46(31-68-62(73)50-28-24-43-20-18-39-11-7-13-41-22-26-48(50)57(43)55(39)41)70-65(76)51-29-44-14-8-16-53(58(44)60(71)59(51)66(70)77)79-33-45(69-63(74)36(3)37(4)64(69)75)30-67-61(72)49-27-23-42-19-17-38-10-6-12-40-21-25-47(49)56(42)54(38)40/h5-28,36-37,45-46,51,59-60,71H,29-33H2,1-4H3,(H,67,72)(H,68,73). The number of nitrogens with zero attached hydrogens (tertiary/aromatic N) is 2. The third-order valence-corrected chi connectivity index (χ3v) is 17.4. The number of ether oxygens (including phenoxy) is 2. The Balaban J connectivity index is 0.769. The van der Waals surface area contributed by atoms with Crippen molar-refractivity contribution >= 4 is 100 Å². The minimum atomic E-state index is -1.50. The third-order valence-electron chi connectivity index (χ3n) is 17.4. The number of fused-ring (bicyclic) bond motifs is 2. The van der Waals surface area contributed by atoms with Gasteiger partial charge in [0, 0.05) is 41.6 Å². The molecular weight excluding hydrogens is 993 g/mol. The van der Waals surface area contributed by atoms with Crippen LogP contribution in [0.2, 0.25) is 0 Å². The van der Waals surface area contributed by atoms with Crippen LogP contribution in [0, 0.1) is 37.5 Å². The summed E-state index contributed by atoms with van der Waals surface area (Å²) in [4.78, 5) is 88.5. The summed E-state index contributed by atoms with van der Waals surface area (Å²) < 4.78 is 12.9. The Labute approximate surface area is 454 Å². The molecule has 2 aliphatic heterocycles. The molecule has 3 N–H and O–H groups in total. The summed E-state index contributed by atoms with van der Waals surface area (Å²) >= 11 is 0. The van der Waals surface area contributed by atoms with Crippen molar-refractivity contribution < 1.29 is 43.3 Å². The number of nitrogens with one attached hydrogen (secondary N) is 2. The van der Waals surface area contributed by atoms with Crippen LogP contribution in [0.1, 0.15) is 62.9 Å². The zero-order valence-electron chi connectivity index (χ0n) is 44.0. The van der Waals surface area contributed by atoms with Gasteiger partial charge in [0.1, 0.15) is 24.7 Å². The van der Waals surface area contributed by atoms with Crippen LogP contribution < -0.4 is 20.1 Å². The smallest absolute Gasteiger partial charge is 0.251 e. The molecule has 13 heteroatoms. The van der Waals surface area contributed by atoms with Crippen LogP contribution in [0.3, 0.4) is 0 Å². The number of carbonyl (C=O) groups excluding carboxylic acids is 6. The second-order valence-corrected chi connectivity index (χ2v) is 21.8. The molecule has 2 fully saturated rings. The van der Waals surface area contributed by atoms with Gasteiger partial charge in [-0.15, -0.1) is 0 Å². The van der Waals surface area contributed by atoms with Crippen LogP contribution in [0.25, 0.3) is 64.6 Å². The Morgan fingerprint density at radius 1 is 0.532 bits per heavy atom. The van der Waals surface area contributed by atoms with Gasteiger partial charge in [0.2, 0.25) is 23.6 Å². The first-order valence-electron chi connectivity index (χ1n) is 27.0. The Hall–Kier alpha value is -8.94. The molecule has 0 radical (unpaired) electrons. The molecule has 3 aliphatic rings. The average molecular weight is 1050 g/mol. The summed E-state index contributed by atoms with van der Waals surface area (Å²) in [7, 11) is 0. The van der Waals surface area contributed by atoms with E-state index in [4.69, 9.17) is 9.47 Å². The molecule has 0 spiro atoms. The first kappa shape index (κ1) is 49.6. The number of rotatable bonds is 14. The minimum Gasteiger partial charge on any atom is -0.491 e. The van der Waals surface area contributed by atoms with Gasteiger partial charge in [0.15, 0.2) is 0 Å². The van der Waals surface area contributed by atoms with Gasteiger partial charge in [-0.25, -0.2) is 0 Å². The molecule has 2 saturated heterocycles. The maximum Gasteiger partial charge on any atom is 0.251 e. The van der Waals surface area contributed by atoms with Crippen LogP contribution in [0.4, 0.5) is 0 Å². The van der Waals surface area contributed by atoms with E-state index in [0.29, 0.717) is 28.0 Å². The van der Waals surface area contributed by atoms with Gasteiger partial charge in [0.05, 0.1) is 30.0 Å². The fourth-order valence-corrected chi connectivity index (χ4v) is 12.9. The Bertz CT molecular complexity index is 4140. The molecule has 2 heterocycles. The first-order chi connectivity index (χ1) is 38.3. The molecule has 6 amide bonds. The van der Waals surface area contributed by atoms with Crippen LogP contribution in [0.15, 0.2) is 146 Å². The van der Waals surface area contributed by atoms with E-state index in [2.05, 4.69) is 34.9 Å². The number of aryl methyl sites for hydroxylation is 1. The fourth-order valence-electron chi connectivity index (χ4n) is 12.9. The third kappa shape index (κ3) is 8.00. The van der Waals surface area contributed by atoms with E-state index in [1.54, 1.807) is 44.2 Å². The van der Waals surface area contributed by atoms with Gasteiger partial charge in [0.25, 0.3) is 11.8 Å². The number of carbonyl (C=O) groups is 6. The van der Waals surface area contributed by atoms with Crippen molar-refractivity contribution in [3.8, 4) is 11.5 Å². The average Bonchev–Trinajstić information content (AvgIpc) is 4.10. The quantitative estimate of drug-likeness (QED) is 0.0708. The molecule has 0 aromatic heterocycles. The molecule has 7 atom stereocenters. The van der Waals surface area contributed by atoms with E-state index in [1.807, 2.05) is 105 Å².